The van der Waals surface area contributed by atoms with Gasteiger partial charge in [-0.15, -0.1) is 11.8 Å². The third-order valence-electron chi connectivity index (χ3n) is 2.92. The summed E-state index contributed by atoms with van der Waals surface area (Å²) < 4.78 is 25.7. The van der Waals surface area contributed by atoms with E-state index < -0.39 is 17.2 Å². The number of benzene rings is 1. The van der Waals surface area contributed by atoms with Crippen molar-refractivity contribution in [3.8, 4) is 0 Å². The molecule has 0 bridgehead atoms. The number of carbonyl (C=O) groups is 1. The van der Waals surface area contributed by atoms with Gasteiger partial charge in [-0.2, -0.15) is 0 Å². The summed E-state index contributed by atoms with van der Waals surface area (Å²) in [7, 11) is 0. The maximum absolute atomic E-state index is 13.0. The zero-order valence-corrected chi connectivity index (χ0v) is 12.4. The summed E-state index contributed by atoms with van der Waals surface area (Å²) in [4.78, 5) is 12.1. The van der Waals surface area contributed by atoms with E-state index in [-0.39, 0.29) is 18.9 Å². The molecule has 1 aromatic rings. The topological polar surface area (TPSA) is 49.3 Å². The first kappa shape index (κ1) is 16.9. The van der Waals surface area contributed by atoms with Gasteiger partial charge in [0.2, 0.25) is 5.91 Å². The summed E-state index contributed by atoms with van der Waals surface area (Å²) in [5.41, 5.74) is -0.900. The van der Waals surface area contributed by atoms with Gasteiger partial charge in [-0.05, 0) is 31.5 Å². The smallest absolute Gasteiger partial charge is 0.220 e. The molecule has 1 unspecified atom stereocenters. The van der Waals surface area contributed by atoms with E-state index >= 15 is 0 Å². The summed E-state index contributed by atoms with van der Waals surface area (Å²) in [6, 6.07) is 3.65. The van der Waals surface area contributed by atoms with Crippen LogP contribution in [0.4, 0.5) is 8.78 Å². The number of hydrogen-bond donors (Lipinski definition) is 2. The number of hydrogen-bond acceptors (Lipinski definition) is 3. The fraction of sp³-hybridized carbons (Fsp3) is 0.500. The largest absolute Gasteiger partial charge is 0.388 e. The maximum Gasteiger partial charge on any atom is 0.220 e. The highest BCUT2D eigenvalue weighted by Gasteiger charge is 2.18. The lowest BCUT2D eigenvalue weighted by Gasteiger charge is -2.21. The standard InChI is InChI=1S/C14H19F2NO2S/c1-3-14(2,19)9-17-13(18)6-7-20-10-4-5-11(15)12(16)8-10/h4-5,8,19H,3,6-7,9H2,1-2H3,(H,17,18). The van der Waals surface area contributed by atoms with E-state index in [2.05, 4.69) is 5.32 Å². The lowest BCUT2D eigenvalue weighted by Crippen LogP contribution is -2.40. The van der Waals surface area contributed by atoms with Crippen LogP contribution in [0.3, 0.4) is 0 Å². The van der Waals surface area contributed by atoms with Gasteiger partial charge < -0.3 is 10.4 Å². The molecule has 1 amide bonds. The minimum atomic E-state index is -0.900. The quantitative estimate of drug-likeness (QED) is 0.762. The van der Waals surface area contributed by atoms with Crippen LogP contribution in [0.2, 0.25) is 0 Å². The molecule has 1 atom stereocenters. The number of rotatable bonds is 7. The van der Waals surface area contributed by atoms with E-state index in [4.69, 9.17) is 0 Å². The van der Waals surface area contributed by atoms with Crippen LogP contribution in [-0.4, -0.2) is 28.9 Å². The Hall–Kier alpha value is -1.14. The maximum atomic E-state index is 13.0. The lowest BCUT2D eigenvalue weighted by molar-refractivity contribution is -0.121. The highest BCUT2D eigenvalue weighted by Crippen LogP contribution is 2.21. The van der Waals surface area contributed by atoms with Crippen LogP contribution in [-0.2, 0) is 4.79 Å². The van der Waals surface area contributed by atoms with Crippen LogP contribution < -0.4 is 5.32 Å². The van der Waals surface area contributed by atoms with Crippen molar-refractivity contribution in [3.63, 3.8) is 0 Å². The molecule has 0 aliphatic heterocycles. The highest BCUT2D eigenvalue weighted by atomic mass is 32.2. The number of carbonyl (C=O) groups excluding carboxylic acids is 1. The predicted octanol–water partition coefficient (Wildman–Crippen LogP) is 2.72. The van der Waals surface area contributed by atoms with Crippen LogP contribution >= 0.6 is 11.8 Å². The third-order valence-corrected chi connectivity index (χ3v) is 3.91. The van der Waals surface area contributed by atoms with Gasteiger partial charge in [-0.1, -0.05) is 6.92 Å². The first-order valence-corrected chi connectivity index (χ1v) is 7.39. The number of nitrogens with one attached hydrogen (secondary N) is 1. The second-order valence-electron chi connectivity index (χ2n) is 4.80. The monoisotopic (exact) mass is 303 g/mol. The first-order valence-electron chi connectivity index (χ1n) is 6.41. The molecule has 0 saturated heterocycles. The van der Waals surface area contributed by atoms with E-state index in [1.807, 2.05) is 6.92 Å². The molecule has 0 spiro atoms. The fourth-order valence-electron chi connectivity index (χ4n) is 1.33. The number of aliphatic hydroxyl groups is 1. The van der Waals surface area contributed by atoms with E-state index in [1.54, 1.807) is 6.92 Å². The van der Waals surface area contributed by atoms with Crippen LogP contribution in [0.1, 0.15) is 26.7 Å². The zero-order valence-electron chi connectivity index (χ0n) is 11.6. The van der Waals surface area contributed by atoms with Crippen molar-refractivity contribution in [3.05, 3.63) is 29.8 Å². The van der Waals surface area contributed by atoms with Crippen molar-refractivity contribution in [2.45, 2.75) is 37.2 Å². The molecule has 6 heteroatoms. The van der Waals surface area contributed by atoms with E-state index in [1.165, 1.54) is 17.8 Å². The summed E-state index contributed by atoms with van der Waals surface area (Å²) in [5.74, 6) is -1.48. The normalized spacial score (nSPS) is 13.8. The molecule has 0 fully saturated rings. The fourth-order valence-corrected chi connectivity index (χ4v) is 2.20. The van der Waals surface area contributed by atoms with Gasteiger partial charge in [-0.3, -0.25) is 4.79 Å². The molecule has 1 rings (SSSR count). The molecule has 0 aliphatic rings. The van der Waals surface area contributed by atoms with E-state index in [0.29, 0.717) is 17.1 Å². The van der Waals surface area contributed by atoms with Crippen LogP contribution in [0.15, 0.2) is 23.1 Å². The lowest BCUT2D eigenvalue weighted by atomic mass is 10.0. The van der Waals surface area contributed by atoms with Gasteiger partial charge in [0.1, 0.15) is 0 Å². The predicted molar refractivity (Wildman–Crippen MR) is 75.6 cm³/mol. The molecule has 20 heavy (non-hydrogen) atoms. The Morgan fingerprint density at radius 2 is 2.10 bits per heavy atom. The van der Waals surface area contributed by atoms with Gasteiger partial charge >= 0.3 is 0 Å². The van der Waals surface area contributed by atoms with Gasteiger partial charge in [0, 0.05) is 23.6 Å². The first-order chi connectivity index (χ1) is 9.34. The Kier molecular flexibility index (Phi) is 6.42. The van der Waals surface area contributed by atoms with Gasteiger partial charge in [-0.25, -0.2) is 8.78 Å². The molecule has 0 saturated carbocycles. The number of halogens is 2. The van der Waals surface area contributed by atoms with Crippen LogP contribution in [0.25, 0.3) is 0 Å². The van der Waals surface area contributed by atoms with Crippen molar-refractivity contribution in [1.82, 2.24) is 5.32 Å². The third kappa shape index (κ3) is 5.88. The molecule has 0 aromatic heterocycles. The van der Waals surface area contributed by atoms with E-state index in [9.17, 15) is 18.7 Å². The van der Waals surface area contributed by atoms with Crippen molar-refractivity contribution in [1.29, 1.82) is 0 Å². The Labute approximate surface area is 121 Å². The molecular weight excluding hydrogens is 284 g/mol. The van der Waals surface area contributed by atoms with Crippen molar-refractivity contribution in [2.75, 3.05) is 12.3 Å². The highest BCUT2D eigenvalue weighted by molar-refractivity contribution is 7.99. The number of thioether (sulfide) groups is 1. The average molecular weight is 303 g/mol. The summed E-state index contributed by atoms with van der Waals surface area (Å²) in [6.07, 6.45) is 0.806. The second kappa shape index (κ2) is 7.59. The summed E-state index contributed by atoms with van der Waals surface area (Å²) in [6.45, 7) is 3.70. The van der Waals surface area contributed by atoms with Crippen molar-refractivity contribution in [2.24, 2.45) is 0 Å². The zero-order chi connectivity index (χ0) is 15.2. The summed E-state index contributed by atoms with van der Waals surface area (Å²) in [5, 5.41) is 12.4. The number of amides is 1. The van der Waals surface area contributed by atoms with Gasteiger partial charge in [0.15, 0.2) is 11.6 Å². The molecule has 2 N–H and O–H groups in total. The Balaban J connectivity index is 2.30. The van der Waals surface area contributed by atoms with Crippen molar-refractivity contribution < 1.29 is 18.7 Å². The van der Waals surface area contributed by atoms with Gasteiger partial charge in [0.25, 0.3) is 0 Å². The molecule has 0 radical (unpaired) electrons. The molecule has 0 heterocycles. The molecule has 0 aliphatic carbocycles. The SMILES string of the molecule is CCC(C)(O)CNC(=O)CCSc1ccc(F)c(F)c1. The second-order valence-corrected chi connectivity index (χ2v) is 5.97. The molecule has 112 valence electrons. The molecule has 3 nitrogen and oxygen atoms in total. The Bertz CT molecular complexity index is 466. The molecule has 1 aromatic carbocycles. The summed E-state index contributed by atoms with van der Waals surface area (Å²) >= 11 is 1.28. The van der Waals surface area contributed by atoms with Crippen molar-refractivity contribution >= 4 is 17.7 Å². The minimum absolute atomic E-state index is 0.172. The molecular formula is C14H19F2NO2S. The van der Waals surface area contributed by atoms with Crippen LogP contribution in [0, 0.1) is 11.6 Å². The Morgan fingerprint density at radius 3 is 2.70 bits per heavy atom. The van der Waals surface area contributed by atoms with Gasteiger partial charge in [0.05, 0.1) is 5.60 Å². The minimum Gasteiger partial charge on any atom is -0.388 e. The Morgan fingerprint density at radius 1 is 1.40 bits per heavy atom. The average Bonchev–Trinajstić information content (AvgIpc) is 2.41. The van der Waals surface area contributed by atoms with Crippen LogP contribution in [0.5, 0.6) is 0 Å². The van der Waals surface area contributed by atoms with E-state index in [0.717, 1.165) is 12.1 Å².